The third-order valence-electron chi connectivity index (χ3n) is 3.15. The monoisotopic (exact) mass is 285 g/mol. The van der Waals surface area contributed by atoms with E-state index in [2.05, 4.69) is 15.5 Å². The Hall–Kier alpha value is -2.76. The minimum Gasteiger partial charge on any atom is -0.352 e. The van der Waals surface area contributed by atoms with Gasteiger partial charge in [0.2, 0.25) is 5.89 Å². The summed E-state index contributed by atoms with van der Waals surface area (Å²) in [6.07, 6.45) is 1.76. The zero-order valence-corrected chi connectivity index (χ0v) is 11.0. The van der Waals surface area contributed by atoms with E-state index in [1.165, 1.54) is 18.5 Å². The first-order valence-corrected chi connectivity index (χ1v) is 6.46. The fourth-order valence-electron chi connectivity index (χ4n) is 2.14. The maximum atomic E-state index is 13.7. The second-order valence-electron chi connectivity index (χ2n) is 4.48. The van der Waals surface area contributed by atoms with Crippen molar-refractivity contribution >= 4 is 16.7 Å². The molecule has 0 fully saturated rings. The number of nitrogens with zero attached hydrogens (tertiary/aromatic N) is 2. The van der Waals surface area contributed by atoms with E-state index in [4.69, 9.17) is 4.52 Å². The molecular weight excluding hydrogens is 273 g/mol. The molecule has 106 valence electrons. The van der Waals surface area contributed by atoms with Gasteiger partial charge < -0.3 is 9.84 Å². The zero-order chi connectivity index (χ0) is 14.7. The van der Waals surface area contributed by atoms with Gasteiger partial charge in [-0.2, -0.15) is 4.98 Å². The Labute approximate surface area is 119 Å². The Bertz CT molecular complexity index is 772. The highest BCUT2D eigenvalue weighted by molar-refractivity contribution is 6.07. The van der Waals surface area contributed by atoms with Crippen molar-refractivity contribution in [3.05, 3.63) is 60.0 Å². The third-order valence-corrected chi connectivity index (χ3v) is 3.15. The smallest absolute Gasteiger partial charge is 0.251 e. The number of fused-ring (bicyclic) bond motifs is 1. The minimum absolute atomic E-state index is 0.259. The van der Waals surface area contributed by atoms with Crippen molar-refractivity contribution in [1.82, 2.24) is 15.5 Å². The molecule has 5 nitrogen and oxygen atoms in total. The van der Waals surface area contributed by atoms with Crippen LogP contribution in [0.3, 0.4) is 0 Å². The molecule has 3 rings (SSSR count). The highest BCUT2D eigenvalue weighted by atomic mass is 19.1. The largest absolute Gasteiger partial charge is 0.352 e. The molecule has 3 aromatic rings. The molecule has 1 heterocycles. The van der Waals surface area contributed by atoms with E-state index < -0.39 is 0 Å². The van der Waals surface area contributed by atoms with E-state index in [-0.39, 0.29) is 11.7 Å². The molecule has 6 heteroatoms. The summed E-state index contributed by atoms with van der Waals surface area (Å²) < 4.78 is 18.6. The second kappa shape index (κ2) is 5.70. The summed E-state index contributed by atoms with van der Waals surface area (Å²) in [4.78, 5) is 16.1. The summed E-state index contributed by atoms with van der Waals surface area (Å²) in [5.74, 6) is -0.141. The number of nitrogens with one attached hydrogen (secondary N) is 1. The van der Waals surface area contributed by atoms with Crippen LogP contribution in [0.2, 0.25) is 0 Å². The molecule has 0 atom stereocenters. The summed E-state index contributed by atoms with van der Waals surface area (Å²) in [7, 11) is 0. The first-order chi connectivity index (χ1) is 10.3. The van der Waals surface area contributed by atoms with Gasteiger partial charge in [0, 0.05) is 23.9 Å². The van der Waals surface area contributed by atoms with E-state index in [1.54, 1.807) is 24.3 Å². The van der Waals surface area contributed by atoms with Gasteiger partial charge in [-0.3, -0.25) is 4.79 Å². The van der Waals surface area contributed by atoms with Crippen LogP contribution in [0.15, 0.2) is 47.2 Å². The topological polar surface area (TPSA) is 68.0 Å². The van der Waals surface area contributed by atoms with E-state index in [0.29, 0.717) is 35.2 Å². The molecule has 1 aromatic heterocycles. The predicted molar refractivity (Wildman–Crippen MR) is 74.2 cm³/mol. The second-order valence-corrected chi connectivity index (χ2v) is 4.48. The maximum absolute atomic E-state index is 13.7. The van der Waals surface area contributed by atoms with Crippen molar-refractivity contribution < 1.29 is 13.7 Å². The predicted octanol–water partition coefficient (Wildman–Crippen LogP) is 2.33. The van der Waals surface area contributed by atoms with E-state index >= 15 is 0 Å². The van der Waals surface area contributed by atoms with Gasteiger partial charge in [0.1, 0.15) is 5.82 Å². The molecule has 2 aromatic carbocycles. The van der Waals surface area contributed by atoms with Crippen molar-refractivity contribution in [2.45, 2.75) is 6.42 Å². The lowest BCUT2D eigenvalue weighted by Crippen LogP contribution is -2.26. The maximum Gasteiger partial charge on any atom is 0.251 e. The van der Waals surface area contributed by atoms with E-state index in [9.17, 15) is 9.18 Å². The van der Waals surface area contributed by atoms with Gasteiger partial charge in [0.05, 0.1) is 0 Å². The lowest BCUT2D eigenvalue weighted by molar-refractivity contribution is 0.0955. The Morgan fingerprint density at radius 3 is 2.76 bits per heavy atom. The van der Waals surface area contributed by atoms with Crippen LogP contribution in [0, 0.1) is 5.82 Å². The highest BCUT2D eigenvalue weighted by Crippen LogP contribution is 2.21. The van der Waals surface area contributed by atoms with Crippen molar-refractivity contribution in [3.8, 4) is 0 Å². The molecule has 0 saturated carbocycles. The lowest BCUT2D eigenvalue weighted by atomic mass is 10.0. The number of hydrogen-bond acceptors (Lipinski definition) is 4. The van der Waals surface area contributed by atoms with Crippen LogP contribution >= 0.6 is 0 Å². The summed E-state index contributed by atoms with van der Waals surface area (Å²) in [5.41, 5.74) is 0.442. The molecule has 0 aliphatic rings. The van der Waals surface area contributed by atoms with Crippen LogP contribution < -0.4 is 5.32 Å². The van der Waals surface area contributed by atoms with Crippen molar-refractivity contribution in [2.75, 3.05) is 6.54 Å². The average Bonchev–Trinajstić information content (AvgIpc) is 3.01. The first-order valence-electron chi connectivity index (χ1n) is 6.46. The standard InChI is InChI=1S/C15H12FN3O2/c16-13-6-5-12(10-3-1-2-4-11(10)13)15(20)17-8-7-14-18-9-19-21-14/h1-6,9H,7-8H2,(H,17,20). The number of rotatable bonds is 4. The molecule has 0 radical (unpaired) electrons. The zero-order valence-electron chi connectivity index (χ0n) is 11.0. The fraction of sp³-hybridized carbons (Fsp3) is 0.133. The fourth-order valence-corrected chi connectivity index (χ4v) is 2.14. The molecule has 0 saturated heterocycles. The Morgan fingerprint density at radius 2 is 2.00 bits per heavy atom. The van der Waals surface area contributed by atoms with Crippen molar-refractivity contribution in [1.29, 1.82) is 0 Å². The van der Waals surface area contributed by atoms with Gasteiger partial charge in [-0.05, 0) is 17.5 Å². The van der Waals surface area contributed by atoms with Gasteiger partial charge >= 0.3 is 0 Å². The van der Waals surface area contributed by atoms with Crippen LogP contribution in [0.4, 0.5) is 4.39 Å². The number of amides is 1. The summed E-state index contributed by atoms with van der Waals surface area (Å²) >= 11 is 0. The summed E-state index contributed by atoms with van der Waals surface area (Å²) in [6, 6.07) is 9.68. The normalized spacial score (nSPS) is 10.7. The van der Waals surface area contributed by atoms with E-state index in [1.807, 2.05) is 0 Å². The highest BCUT2D eigenvalue weighted by Gasteiger charge is 2.12. The molecular formula is C15H12FN3O2. The minimum atomic E-state index is -0.340. The molecule has 0 aliphatic heterocycles. The Morgan fingerprint density at radius 1 is 1.19 bits per heavy atom. The lowest BCUT2D eigenvalue weighted by Gasteiger charge is -2.08. The number of hydrogen-bond donors (Lipinski definition) is 1. The van der Waals surface area contributed by atoms with Crippen molar-refractivity contribution in [2.24, 2.45) is 0 Å². The van der Waals surface area contributed by atoms with Crippen LogP contribution in [0.25, 0.3) is 10.8 Å². The molecule has 0 spiro atoms. The Balaban J connectivity index is 1.77. The molecule has 1 amide bonds. The number of aromatic nitrogens is 2. The Kier molecular flexibility index (Phi) is 3.59. The van der Waals surface area contributed by atoms with Crippen LogP contribution in [-0.2, 0) is 6.42 Å². The molecule has 21 heavy (non-hydrogen) atoms. The van der Waals surface area contributed by atoms with Gasteiger partial charge in [-0.1, -0.05) is 29.4 Å². The summed E-state index contributed by atoms with van der Waals surface area (Å²) in [6.45, 7) is 0.368. The van der Waals surface area contributed by atoms with E-state index in [0.717, 1.165) is 0 Å². The van der Waals surface area contributed by atoms with Crippen molar-refractivity contribution in [3.63, 3.8) is 0 Å². The third kappa shape index (κ3) is 2.74. The first kappa shape index (κ1) is 13.2. The molecule has 1 N–H and O–H groups in total. The molecule has 0 unspecified atom stereocenters. The summed E-state index contributed by atoms with van der Waals surface area (Å²) in [5, 5.41) is 7.27. The van der Waals surface area contributed by atoms with Crippen LogP contribution in [0.5, 0.6) is 0 Å². The van der Waals surface area contributed by atoms with Gasteiger partial charge in [-0.25, -0.2) is 4.39 Å². The SMILES string of the molecule is O=C(NCCc1ncno1)c1ccc(F)c2ccccc12. The molecule has 0 bridgehead atoms. The number of halogens is 1. The quantitative estimate of drug-likeness (QED) is 0.799. The van der Waals surface area contributed by atoms with Crippen LogP contribution in [0.1, 0.15) is 16.2 Å². The number of benzene rings is 2. The van der Waals surface area contributed by atoms with Crippen LogP contribution in [-0.4, -0.2) is 22.6 Å². The van der Waals surface area contributed by atoms with Gasteiger partial charge in [0.15, 0.2) is 6.33 Å². The average molecular weight is 285 g/mol. The molecule has 0 aliphatic carbocycles. The van der Waals surface area contributed by atoms with Gasteiger partial charge in [0.25, 0.3) is 5.91 Å². The number of carbonyl (C=O) groups excluding carboxylic acids is 1. The van der Waals surface area contributed by atoms with Gasteiger partial charge in [-0.15, -0.1) is 0 Å². The number of carbonyl (C=O) groups is 1.